The number of nitrogens with one attached hydrogen (secondary N) is 4. The zero-order valence-corrected chi connectivity index (χ0v) is 14.1. The van der Waals surface area contributed by atoms with Crippen LogP contribution in [0.5, 0.6) is 0 Å². The molecular weight excluding hydrogens is 332 g/mol. The van der Waals surface area contributed by atoms with Crippen LogP contribution in [-0.2, 0) is 9.59 Å². The summed E-state index contributed by atoms with van der Waals surface area (Å²) >= 11 is 0.993. The molecule has 0 aromatic carbocycles. The fourth-order valence-corrected chi connectivity index (χ4v) is 3.24. The smallest absolute Gasteiger partial charge is 0.261 e. The van der Waals surface area contributed by atoms with E-state index in [0.717, 1.165) is 11.3 Å². The van der Waals surface area contributed by atoms with Gasteiger partial charge < -0.3 is 21.3 Å². The van der Waals surface area contributed by atoms with E-state index in [2.05, 4.69) is 27.8 Å². The lowest BCUT2D eigenvalue weighted by molar-refractivity contribution is -0.123. The molecule has 8 nitrogen and oxygen atoms in total. The maximum atomic E-state index is 12.5. The lowest BCUT2D eigenvalue weighted by Gasteiger charge is -2.24. The first-order valence-electron chi connectivity index (χ1n) is 7.24. The Kier molecular flexibility index (Phi) is 5.35. The van der Waals surface area contributed by atoms with E-state index >= 15 is 0 Å². The minimum absolute atomic E-state index is 0.144. The molecule has 1 aliphatic rings. The van der Waals surface area contributed by atoms with Crippen molar-refractivity contribution < 1.29 is 19.2 Å². The van der Waals surface area contributed by atoms with Gasteiger partial charge in [0.05, 0.1) is 10.4 Å². The molecule has 1 aliphatic heterocycles. The first-order valence-corrected chi connectivity index (χ1v) is 8.06. The van der Waals surface area contributed by atoms with Gasteiger partial charge in [-0.15, -0.1) is 11.3 Å². The van der Waals surface area contributed by atoms with E-state index < -0.39 is 11.9 Å². The molecule has 9 heteroatoms. The van der Waals surface area contributed by atoms with E-state index in [-0.39, 0.29) is 33.2 Å². The van der Waals surface area contributed by atoms with Gasteiger partial charge >= 0.3 is 0 Å². The van der Waals surface area contributed by atoms with Crippen LogP contribution in [0.4, 0.5) is 5.00 Å². The van der Waals surface area contributed by atoms with Gasteiger partial charge in [0.15, 0.2) is 0 Å². The van der Waals surface area contributed by atoms with Crippen molar-refractivity contribution in [1.29, 1.82) is 0 Å². The molecule has 1 aromatic heterocycles. The van der Waals surface area contributed by atoms with Crippen molar-refractivity contribution >= 4 is 40.0 Å². The van der Waals surface area contributed by atoms with Gasteiger partial charge in [-0.25, -0.2) is 0 Å². The van der Waals surface area contributed by atoms with E-state index in [1.165, 1.54) is 20.0 Å². The summed E-state index contributed by atoms with van der Waals surface area (Å²) in [5.41, 5.74) is 0.757. The van der Waals surface area contributed by atoms with Crippen LogP contribution in [0.1, 0.15) is 39.8 Å². The van der Waals surface area contributed by atoms with Gasteiger partial charge in [-0.05, 0) is 18.9 Å². The number of hydrogen-bond acceptors (Lipinski definition) is 5. The molecule has 0 radical (unpaired) electrons. The molecule has 1 atom stereocenters. The van der Waals surface area contributed by atoms with E-state index in [1.54, 1.807) is 0 Å². The molecule has 4 amide bonds. The number of rotatable bonds is 4. The molecule has 4 N–H and O–H groups in total. The highest BCUT2D eigenvalue weighted by Crippen LogP contribution is 2.28. The maximum absolute atomic E-state index is 12.5. The highest BCUT2D eigenvalue weighted by Gasteiger charge is 2.28. The van der Waals surface area contributed by atoms with Crippen LogP contribution in [0.15, 0.2) is 18.3 Å². The van der Waals surface area contributed by atoms with Crippen LogP contribution in [0.3, 0.4) is 0 Å². The van der Waals surface area contributed by atoms with Crippen molar-refractivity contribution in [3.8, 4) is 0 Å². The lowest BCUT2D eigenvalue weighted by Crippen LogP contribution is -2.49. The van der Waals surface area contributed by atoms with Gasteiger partial charge in [-0.3, -0.25) is 19.2 Å². The van der Waals surface area contributed by atoms with E-state index in [0.29, 0.717) is 18.5 Å². The maximum Gasteiger partial charge on any atom is 0.261 e. The third-order valence-electron chi connectivity index (χ3n) is 3.37. The Labute approximate surface area is 142 Å². The van der Waals surface area contributed by atoms with Crippen LogP contribution < -0.4 is 21.3 Å². The predicted octanol–water partition coefficient (Wildman–Crippen LogP) is 0.588. The minimum Gasteiger partial charge on any atom is -0.354 e. The number of carbonyl (C=O) groups excluding carboxylic acids is 4. The molecule has 1 saturated heterocycles. The summed E-state index contributed by atoms with van der Waals surface area (Å²) in [5.74, 6) is -1.58. The molecule has 0 aliphatic carbocycles. The fraction of sp³-hybridized carbons (Fsp3) is 0.333. The fourth-order valence-electron chi connectivity index (χ4n) is 2.19. The number of carbonyl (C=O) groups is 4. The SMILES string of the molecule is C=C1CCC(NC(=O)c2cc(C(=O)NC)sc2NC(C)=O)C(=O)N1. The summed E-state index contributed by atoms with van der Waals surface area (Å²) in [6.45, 7) is 4.99. The Morgan fingerprint density at radius 1 is 1.33 bits per heavy atom. The van der Waals surface area contributed by atoms with Crippen LogP contribution in [0.25, 0.3) is 0 Å². The molecule has 1 unspecified atom stereocenters. The first kappa shape index (κ1) is 17.7. The summed E-state index contributed by atoms with van der Waals surface area (Å²) in [6, 6.07) is 0.709. The lowest BCUT2D eigenvalue weighted by atomic mass is 10.0. The van der Waals surface area contributed by atoms with Crippen LogP contribution >= 0.6 is 11.3 Å². The molecule has 0 spiro atoms. The molecule has 0 saturated carbocycles. The Balaban J connectivity index is 2.22. The molecule has 1 aromatic rings. The van der Waals surface area contributed by atoms with Crippen molar-refractivity contribution in [3.63, 3.8) is 0 Å². The van der Waals surface area contributed by atoms with Crippen molar-refractivity contribution in [2.24, 2.45) is 0 Å². The Bertz CT molecular complexity index is 725. The molecular formula is C15H18N4O4S. The Morgan fingerprint density at radius 2 is 2.04 bits per heavy atom. The predicted molar refractivity (Wildman–Crippen MR) is 89.8 cm³/mol. The second kappa shape index (κ2) is 7.26. The topological polar surface area (TPSA) is 116 Å². The van der Waals surface area contributed by atoms with Gasteiger partial charge in [0.25, 0.3) is 11.8 Å². The van der Waals surface area contributed by atoms with E-state index in [4.69, 9.17) is 0 Å². The van der Waals surface area contributed by atoms with E-state index in [1.807, 2.05) is 0 Å². The van der Waals surface area contributed by atoms with Crippen molar-refractivity contribution in [2.45, 2.75) is 25.8 Å². The van der Waals surface area contributed by atoms with Gasteiger partial charge in [-0.2, -0.15) is 0 Å². The standard InChI is InChI=1S/C15H18N4O4S/c1-7-4-5-10(13(22)17-7)19-12(21)9-6-11(14(23)16-3)24-15(9)18-8(2)20/h6,10H,1,4-5H2,2-3H3,(H,16,23)(H,17,22)(H,18,20)(H,19,21). The highest BCUT2D eigenvalue weighted by molar-refractivity contribution is 7.18. The summed E-state index contributed by atoms with van der Waals surface area (Å²) in [5, 5.41) is 10.5. The molecule has 1 fully saturated rings. The Morgan fingerprint density at radius 3 is 2.62 bits per heavy atom. The largest absolute Gasteiger partial charge is 0.354 e. The average Bonchev–Trinajstić information content (AvgIpc) is 2.92. The zero-order chi connectivity index (χ0) is 17.9. The average molecular weight is 350 g/mol. The van der Waals surface area contributed by atoms with Crippen LogP contribution in [0.2, 0.25) is 0 Å². The summed E-state index contributed by atoms with van der Waals surface area (Å²) in [7, 11) is 1.47. The van der Waals surface area contributed by atoms with E-state index in [9.17, 15) is 19.2 Å². The van der Waals surface area contributed by atoms with Crippen molar-refractivity contribution in [2.75, 3.05) is 12.4 Å². The van der Waals surface area contributed by atoms with Crippen molar-refractivity contribution in [3.05, 3.63) is 28.8 Å². The molecule has 0 bridgehead atoms. The van der Waals surface area contributed by atoms with Gasteiger partial charge in [0.2, 0.25) is 11.8 Å². The normalized spacial score (nSPS) is 17.0. The summed E-state index contributed by atoms with van der Waals surface area (Å²) in [4.78, 5) is 47.7. The second-order valence-electron chi connectivity index (χ2n) is 5.27. The number of hydrogen-bond donors (Lipinski definition) is 4. The molecule has 24 heavy (non-hydrogen) atoms. The van der Waals surface area contributed by atoms with Gasteiger partial charge in [0.1, 0.15) is 11.0 Å². The minimum atomic E-state index is -0.684. The third-order valence-corrected chi connectivity index (χ3v) is 4.42. The summed E-state index contributed by atoms with van der Waals surface area (Å²) < 4.78 is 0. The van der Waals surface area contributed by atoms with Crippen LogP contribution in [-0.4, -0.2) is 36.7 Å². The van der Waals surface area contributed by atoms with Crippen LogP contribution in [0, 0.1) is 0 Å². The number of piperidine rings is 1. The number of allylic oxidation sites excluding steroid dienone is 1. The highest BCUT2D eigenvalue weighted by atomic mass is 32.1. The van der Waals surface area contributed by atoms with Gasteiger partial charge in [0, 0.05) is 19.7 Å². The van der Waals surface area contributed by atoms with Crippen molar-refractivity contribution in [1.82, 2.24) is 16.0 Å². The molecule has 2 rings (SSSR count). The zero-order valence-electron chi connectivity index (χ0n) is 13.3. The van der Waals surface area contributed by atoms with Gasteiger partial charge in [-0.1, -0.05) is 6.58 Å². The number of anilines is 1. The quantitative estimate of drug-likeness (QED) is 0.636. The molecule has 128 valence electrons. The number of amides is 4. The second-order valence-corrected chi connectivity index (χ2v) is 6.32. The number of thiophene rings is 1. The monoisotopic (exact) mass is 350 g/mol. The molecule has 2 heterocycles. The Hall–Kier alpha value is -2.68. The summed E-state index contributed by atoms with van der Waals surface area (Å²) in [6.07, 6.45) is 1.01. The first-order chi connectivity index (χ1) is 11.3. The third kappa shape index (κ3) is 3.99.